The number of pyridine rings is 1. The first kappa shape index (κ1) is 9.25. The van der Waals surface area contributed by atoms with Crippen LogP contribution in [0.3, 0.4) is 0 Å². The van der Waals surface area contributed by atoms with E-state index in [4.69, 9.17) is 0 Å². The van der Waals surface area contributed by atoms with Crippen LogP contribution in [0.4, 0.5) is 4.79 Å². The fourth-order valence-corrected chi connectivity index (χ4v) is 1.24. The van der Waals surface area contributed by atoms with Gasteiger partial charge in [-0.1, -0.05) is 6.07 Å². The Hall–Kier alpha value is -0.835. The van der Waals surface area contributed by atoms with E-state index in [0.29, 0.717) is 0 Å². The molecular weight excluding hydrogens is 221 g/mol. The number of nitrogens with zero attached hydrogens (tertiary/aromatic N) is 1. The highest BCUT2D eigenvalue weighted by molar-refractivity contribution is 9.25. The second-order valence-corrected chi connectivity index (χ2v) is 3.05. The molecule has 1 rings (SSSR count). The van der Waals surface area contributed by atoms with Crippen molar-refractivity contribution in [2.75, 3.05) is 7.11 Å². The molecule has 0 bridgehead atoms. The number of carbonyl (C=O) groups excluding carboxylic acids is 1. The van der Waals surface area contributed by atoms with Crippen molar-refractivity contribution in [3.63, 3.8) is 0 Å². The van der Waals surface area contributed by atoms with Gasteiger partial charge in [-0.25, -0.2) is 0 Å². The standard InChI is InChI=1S/C7H8BBrNO2/c1-12-7(11)8(9)10-5-3-2-4-6-10/h2-6H,1H3. The van der Waals surface area contributed by atoms with E-state index >= 15 is 0 Å². The number of ether oxygens (including phenoxy) is 1. The average molecular weight is 229 g/mol. The molecule has 0 aromatic carbocycles. The lowest BCUT2D eigenvalue weighted by atomic mass is 9.94. The summed E-state index contributed by atoms with van der Waals surface area (Å²) in [7, 11) is 1.36. The van der Waals surface area contributed by atoms with E-state index in [9.17, 15) is 4.79 Å². The average Bonchev–Trinajstić information content (AvgIpc) is 2.17. The van der Waals surface area contributed by atoms with Crippen molar-refractivity contribution >= 4 is 27.3 Å². The predicted molar refractivity (Wildman–Crippen MR) is 49.1 cm³/mol. The Morgan fingerprint density at radius 1 is 1.42 bits per heavy atom. The van der Waals surface area contributed by atoms with E-state index in [1.165, 1.54) is 7.11 Å². The third kappa shape index (κ3) is 2.07. The highest BCUT2D eigenvalue weighted by Gasteiger charge is 2.16. The Balaban J connectivity index is 2.78. The summed E-state index contributed by atoms with van der Waals surface area (Å²) in [5.41, 5.74) is -0.441. The zero-order valence-electron chi connectivity index (χ0n) is 6.61. The topological polar surface area (TPSA) is 30.2 Å². The van der Waals surface area contributed by atoms with Gasteiger partial charge >= 0.3 is 5.67 Å². The van der Waals surface area contributed by atoms with Gasteiger partial charge in [-0.15, -0.1) is 0 Å². The first-order valence-electron chi connectivity index (χ1n) is 3.43. The maximum atomic E-state index is 11.0. The van der Waals surface area contributed by atoms with Crippen LogP contribution in [0.5, 0.6) is 0 Å². The molecular formula is C7H8BBrNO2. The summed E-state index contributed by atoms with van der Waals surface area (Å²) in [4.78, 5) is 11.0. The minimum absolute atomic E-state index is 0.314. The molecule has 1 radical (unpaired) electrons. The second-order valence-electron chi connectivity index (χ2n) is 2.18. The van der Waals surface area contributed by atoms with Crippen LogP contribution >= 0.6 is 15.8 Å². The summed E-state index contributed by atoms with van der Waals surface area (Å²) in [5.74, 6) is -0.314. The Morgan fingerprint density at radius 3 is 2.50 bits per heavy atom. The molecule has 1 heterocycles. The van der Waals surface area contributed by atoms with Crippen LogP contribution in [0.25, 0.3) is 0 Å². The SMILES string of the molecule is COC(=O)[B-](Br)[n+]1ccccc1. The summed E-state index contributed by atoms with van der Waals surface area (Å²) in [5, 5.41) is 0. The number of aromatic nitrogens is 1. The summed E-state index contributed by atoms with van der Waals surface area (Å²) < 4.78 is 6.27. The fourth-order valence-electron chi connectivity index (χ4n) is 0.782. The van der Waals surface area contributed by atoms with Gasteiger partial charge in [-0.05, 0) is 12.1 Å². The normalized spacial score (nSPS) is 9.92. The minimum atomic E-state index is -0.441. The molecule has 1 aromatic heterocycles. The third-order valence-corrected chi connectivity index (χ3v) is 2.24. The van der Waals surface area contributed by atoms with E-state index in [1.807, 2.05) is 18.2 Å². The molecule has 0 aliphatic carbocycles. The van der Waals surface area contributed by atoms with Gasteiger partial charge in [-0.2, -0.15) is 0 Å². The van der Waals surface area contributed by atoms with Gasteiger partial charge < -0.3 is 9.21 Å². The Labute approximate surface area is 79.4 Å². The predicted octanol–water partition coefficient (Wildman–Crippen LogP) is 1.05. The van der Waals surface area contributed by atoms with E-state index in [-0.39, 0.29) is 5.87 Å². The molecule has 63 valence electrons. The van der Waals surface area contributed by atoms with Crippen molar-refractivity contribution in [2.24, 2.45) is 0 Å². The van der Waals surface area contributed by atoms with Gasteiger partial charge in [0.05, 0.1) is 7.11 Å². The summed E-state index contributed by atoms with van der Waals surface area (Å²) >= 11 is 3.20. The Bertz CT molecular complexity index is 267. The van der Waals surface area contributed by atoms with Crippen LogP contribution in [0.1, 0.15) is 0 Å². The molecule has 5 heteroatoms. The number of hydrogen-bond donors (Lipinski definition) is 0. The van der Waals surface area contributed by atoms with Crippen molar-refractivity contribution in [2.45, 2.75) is 0 Å². The smallest absolute Gasteiger partial charge is 0.399 e. The van der Waals surface area contributed by atoms with E-state index < -0.39 is 5.67 Å². The molecule has 0 atom stereocenters. The van der Waals surface area contributed by atoms with E-state index in [1.54, 1.807) is 16.9 Å². The quantitative estimate of drug-likeness (QED) is 0.709. The Morgan fingerprint density at radius 2 is 2.00 bits per heavy atom. The summed E-state index contributed by atoms with van der Waals surface area (Å²) in [6.07, 6.45) is 3.58. The lowest BCUT2D eigenvalue weighted by molar-refractivity contribution is -0.529. The van der Waals surface area contributed by atoms with Crippen molar-refractivity contribution in [1.82, 2.24) is 0 Å². The largest absolute Gasteiger partial charge is 0.497 e. The monoisotopic (exact) mass is 228 g/mol. The molecule has 0 saturated heterocycles. The van der Waals surface area contributed by atoms with Gasteiger partial charge in [0.1, 0.15) is 12.4 Å². The lowest BCUT2D eigenvalue weighted by Crippen LogP contribution is -2.51. The molecule has 0 aliphatic rings. The van der Waals surface area contributed by atoms with Gasteiger partial charge in [0.2, 0.25) is 0 Å². The van der Waals surface area contributed by atoms with E-state index in [2.05, 4.69) is 20.5 Å². The number of rotatable bonds is 2. The molecule has 0 fully saturated rings. The number of hydrogen-bond acceptors (Lipinski definition) is 2. The summed E-state index contributed by atoms with van der Waals surface area (Å²) in [6, 6.07) is 5.57. The highest BCUT2D eigenvalue weighted by Crippen LogP contribution is 1.93. The first-order chi connectivity index (χ1) is 5.75. The molecule has 12 heavy (non-hydrogen) atoms. The van der Waals surface area contributed by atoms with Crippen LogP contribution in [0.15, 0.2) is 30.6 Å². The van der Waals surface area contributed by atoms with Gasteiger partial charge in [-0.3, -0.25) is 20.6 Å². The lowest BCUT2D eigenvalue weighted by Gasteiger charge is -2.10. The number of carbonyl (C=O) groups is 1. The molecule has 0 saturated carbocycles. The van der Waals surface area contributed by atoms with Crippen LogP contribution in [0.2, 0.25) is 0 Å². The van der Waals surface area contributed by atoms with Gasteiger partial charge in [0.25, 0.3) is 0 Å². The molecule has 3 nitrogen and oxygen atoms in total. The van der Waals surface area contributed by atoms with E-state index in [0.717, 1.165) is 0 Å². The molecule has 0 N–H and O–H groups in total. The van der Waals surface area contributed by atoms with Crippen molar-refractivity contribution in [1.29, 1.82) is 0 Å². The maximum absolute atomic E-state index is 11.0. The maximum Gasteiger partial charge on any atom is 0.399 e. The minimum Gasteiger partial charge on any atom is -0.497 e. The molecule has 1 aromatic rings. The summed E-state index contributed by atoms with van der Waals surface area (Å²) in [6.45, 7) is 0. The molecule has 0 aliphatic heterocycles. The second kappa shape index (κ2) is 4.26. The van der Waals surface area contributed by atoms with Crippen LogP contribution in [-0.2, 0) is 4.74 Å². The highest BCUT2D eigenvalue weighted by atomic mass is 79.9. The number of methoxy groups -OCH3 is 1. The molecule has 0 spiro atoms. The Kier molecular flexibility index (Phi) is 3.28. The van der Waals surface area contributed by atoms with Crippen LogP contribution in [-0.4, -0.2) is 18.7 Å². The van der Waals surface area contributed by atoms with Gasteiger partial charge in [0.15, 0.2) is 5.87 Å². The fraction of sp³-hybridized carbons (Fsp3) is 0.143. The third-order valence-electron chi connectivity index (χ3n) is 1.40. The van der Waals surface area contributed by atoms with Crippen molar-refractivity contribution in [3.05, 3.63) is 30.6 Å². The number of halogens is 1. The molecule has 0 unspecified atom stereocenters. The molecule has 0 amide bonds. The van der Waals surface area contributed by atoms with Gasteiger partial charge in [0, 0.05) is 0 Å². The van der Waals surface area contributed by atoms with Crippen LogP contribution < -0.4 is 4.48 Å². The zero-order valence-corrected chi connectivity index (χ0v) is 8.19. The van der Waals surface area contributed by atoms with Crippen molar-refractivity contribution < 1.29 is 14.0 Å². The zero-order chi connectivity index (χ0) is 8.97. The first-order valence-corrected chi connectivity index (χ1v) is 4.35. The van der Waals surface area contributed by atoms with Crippen molar-refractivity contribution in [3.8, 4) is 0 Å². The van der Waals surface area contributed by atoms with Crippen LogP contribution in [0, 0.1) is 0 Å².